The Labute approximate surface area is 230 Å². The highest BCUT2D eigenvalue weighted by atomic mass is 19.1. The smallest absolute Gasteiger partial charge is 0.255 e. The maximum Gasteiger partial charge on any atom is 0.255 e. The number of piperidine rings is 1. The second-order valence-electron chi connectivity index (χ2n) is 10.9. The van der Waals surface area contributed by atoms with Gasteiger partial charge in [-0.1, -0.05) is 30.3 Å². The molecule has 2 aromatic carbocycles. The minimum absolute atomic E-state index is 0.111. The summed E-state index contributed by atoms with van der Waals surface area (Å²) in [6, 6.07) is 14.5. The number of nitrogens with two attached hydrogens (primary N) is 1. The Morgan fingerprint density at radius 2 is 1.98 bits per heavy atom. The van der Waals surface area contributed by atoms with E-state index in [1.165, 1.54) is 6.07 Å². The topological polar surface area (TPSA) is 117 Å². The number of nitrogens with one attached hydrogen (secondary N) is 1. The third-order valence-corrected chi connectivity index (χ3v) is 8.78. The number of hydrogen-bond acceptors (Lipinski definition) is 7. The van der Waals surface area contributed by atoms with Gasteiger partial charge >= 0.3 is 0 Å². The van der Waals surface area contributed by atoms with Crippen molar-refractivity contribution < 1.29 is 9.18 Å². The normalized spacial score (nSPS) is 21.9. The van der Waals surface area contributed by atoms with Crippen LogP contribution < -0.4 is 10.6 Å². The number of halogens is 1. The van der Waals surface area contributed by atoms with Gasteiger partial charge in [0, 0.05) is 56.3 Å². The third-order valence-electron chi connectivity index (χ3n) is 8.78. The fourth-order valence-electron chi connectivity index (χ4n) is 6.76. The van der Waals surface area contributed by atoms with Crippen LogP contribution in [0.4, 0.5) is 10.2 Å². The van der Waals surface area contributed by atoms with Gasteiger partial charge < -0.3 is 15.5 Å². The number of aromatic nitrogens is 5. The van der Waals surface area contributed by atoms with Crippen LogP contribution in [0.3, 0.4) is 0 Å². The molecule has 40 heavy (non-hydrogen) atoms. The van der Waals surface area contributed by atoms with E-state index in [4.69, 9.17) is 15.7 Å². The lowest BCUT2D eigenvalue weighted by molar-refractivity contribution is 0.0829. The van der Waals surface area contributed by atoms with Crippen molar-refractivity contribution in [3.05, 3.63) is 77.9 Å². The summed E-state index contributed by atoms with van der Waals surface area (Å²) in [6.07, 6.45) is 4.38. The van der Waals surface area contributed by atoms with Gasteiger partial charge in [-0.25, -0.2) is 14.4 Å². The zero-order chi connectivity index (χ0) is 27.6. The van der Waals surface area contributed by atoms with Crippen molar-refractivity contribution in [3.8, 4) is 11.3 Å². The molecule has 10 heteroatoms. The number of anilines is 1. The second kappa shape index (κ2) is 9.06. The number of carbonyl (C=O) groups is 1. The fraction of sp³-hybridized carbons (Fsp3) is 0.300. The van der Waals surface area contributed by atoms with Crippen LogP contribution in [0.1, 0.15) is 22.3 Å². The summed E-state index contributed by atoms with van der Waals surface area (Å²) in [5, 5.41) is 8.44. The molecule has 2 aliphatic rings. The molecule has 3 atom stereocenters. The van der Waals surface area contributed by atoms with Crippen LogP contribution in [-0.4, -0.2) is 69.7 Å². The van der Waals surface area contributed by atoms with Crippen LogP contribution in [0, 0.1) is 17.7 Å². The summed E-state index contributed by atoms with van der Waals surface area (Å²) < 4.78 is 14.8. The lowest BCUT2D eigenvalue weighted by Gasteiger charge is -2.26. The minimum Gasteiger partial charge on any atom is -0.355 e. The highest BCUT2D eigenvalue weighted by Crippen LogP contribution is 2.63. The summed E-state index contributed by atoms with van der Waals surface area (Å²) in [5.74, 6) is 1.10. The van der Waals surface area contributed by atoms with E-state index in [2.05, 4.69) is 20.1 Å². The molecule has 7 rings (SSSR count). The first kappa shape index (κ1) is 24.6. The fourth-order valence-corrected chi connectivity index (χ4v) is 6.76. The summed E-state index contributed by atoms with van der Waals surface area (Å²) in [4.78, 5) is 30.7. The Morgan fingerprint density at radius 1 is 1.12 bits per heavy atom. The molecule has 1 aliphatic heterocycles. The second-order valence-corrected chi connectivity index (χ2v) is 10.9. The molecule has 1 saturated carbocycles. The van der Waals surface area contributed by atoms with Gasteiger partial charge in [0.15, 0.2) is 5.65 Å². The highest BCUT2D eigenvalue weighted by Gasteiger charge is 2.66. The number of pyridine rings is 1. The summed E-state index contributed by atoms with van der Waals surface area (Å²) in [7, 11) is 3.45. The summed E-state index contributed by atoms with van der Waals surface area (Å²) in [6.45, 7) is 1.97. The Balaban J connectivity index is 1.21. The Kier molecular flexibility index (Phi) is 5.57. The van der Waals surface area contributed by atoms with Gasteiger partial charge in [0.25, 0.3) is 5.91 Å². The van der Waals surface area contributed by atoms with Crippen molar-refractivity contribution in [2.75, 3.05) is 38.6 Å². The van der Waals surface area contributed by atoms with E-state index < -0.39 is 0 Å². The minimum atomic E-state index is -0.325. The predicted molar refractivity (Wildman–Crippen MR) is 151 cm³/mol. The van der Waals surface area contributed by atoms with Crippen LogP contribution in [0.25, 0.3) is 33.3 Å². The van der Waals surface area contributed by atoms with Crippen LogP contribution in [0.15, 0.2) is 60.9 Å². The first-order valence-electron chi connectivity index (χ1n) is 13.4. The molecule has 0 unspecified atom stereocenters. The number of amides is 1. The molecule has 0 spiro atoms. The molecular weight excluding hydrogens is 507 g/mol. The monoisotopic (exact) mass is 536 g/mol. The van der Waals surface area contributed by atoms with Gasteiger partial charge in [0.05, 0.1) is 17.3 Å². The first-order valence-corrected chi connectivity index (χ1v) is 13.4. The Hall–Kier alpha value is -4.44. The number of hydrogen-bond donors (Lipinski definition) is 2. The molecule has 4 heterocycles. The number of carbonyl (C=O) groups excluding carboxylic acids is 1. The van der Waals surface area contributed by atoms with E-state index in [9.17, 15) is 9.18 Å². The number of benzene rings is 2. The van der Waals surface area contributed by atoms with Crippen LogP contribution in [0.5, 0.6) is 0 Å². The number of fused-ring (bicyclic) bond motifs is 3. The highest BCUT2D eigenvalue weighted by molar-refractivity contribution is 6.10. The molecular formula is C30H29FN8O. The van der Waals surface area contributed by atoms with Crippen molar-refractivity contribution in [1.29, 1.82) is 0 Å². The average molecular weight is 537 g/mol. The summed E-state index contributed by atoms with van der Waals surface area (Å²) >= 11 is 0. The van der Waals surface area contributed by atoms with Gasteiger partial charge in [-0.15, -0.1) is 0 Å². The van der Waals surface area contributed by atoms with Crippen molar-refractivity contribution >= 4 is 33.8 Å². The lowest BCUT2D eigenvalue weighted by Crippen LogP contribution is -2.32. The van der Waals surface area contributed by atoms with Crippen molar-refractivity contribution in [3.63, 3.8) is 0 Å². The van der Waals surface area contributed by atoms with Crippen molar-refractivity contribution in [2.24, 2.45) is 17.6 Å². The first-order chi connectivity index (χ1) is 19.4. The van der Waals surface area contributed by atoms with Gasteiger partial charge in [-0.3, -0.25) is 14.9 Å². The molecule has 0 bridgehead atoms. The van der Waals surface area contributed by atoms with Crippen LogP contribution >= 0.6 is 0 Å². The number of aromatic amines is 1. The molecule has 3 N–H and O–H groups in total. The lowest BCUT2D eigenvalue weighted by atomic mass is 9.91. The van der Waals surface area contributed by atoms with Gasteiger partial charge in [0.1, 0.15) is 22.8 Å². The predicted octanol–water partition coefficient (Wildman–Crippen LogP) is 3.76. The summed E-state index contributed by atoms with van der Waals surface area (Å²) in [5.41, 5.74) is 10.5. The van der Waals surface area contributed by atoms with E-state index in [1.807, 2.05) is 30.3 Å². The molecule has 3 aromatic heterocycles. The average Bonchev–Trinajstić information content (AvgIpc) is 3.44. The van der Waals surface area contributed by atoms with E-state index in [0.29, 0.717) is 40.4 Å². The molecule has 1 amide bonds. The molecule has 5 aromatic rings. The van der Waals surface area contributed by atoms with Gasteiger partial charge in [0.2, 0.25) is 0 Å². The molecule has 1 saturated heterocycles. The zero-order valence-corrected chi connectivity index (χ0v) is 22.3. The number of nitrogens with zero attached hydrogens (tertiary/aromatic N) is 6. The third kappa shape index (κ3) is 3.52. The standard InChI is InChI=1S/C30H29FN8O/c1-38(2)29(40)19-10-9-18(17-6-5-12-33-25(17)19)26-27-28(37-36-26)35-24(14-34-27)39-13-11-20-22(15-39)30(20,16-32)21-7-3-4-8-23(21)31/h3-10,12,14,20,22H,11,13,15-16,32H2,1-2H3,(H,35,36,37)/t20-,22+,30-/m1/s1. The van der Waals surface area contributed by atoms with E-state index >= 15 is 0 Å². The van der Waals surface area contributed by atoms with Crippen LogP contribution in [0.2, 0.25) is 0 Å². The molecule has 1 aliphatic carbocycles. The van der Waals surface area contributed by atoms with E-state index in [1.54, 1.807) is 43.5 Å². The van der Waals surface area contributed by atoms with Gasteiger partial charge in [-0.05, 0) is 42.0 Å². The largest absolute Gasteiger partial charge is 0.355 e. The van der Waals surface area contributed by atoms with E-state index in [0.717, 1.165) is 41.8 Å². The molecule has 202 valence electrons. The molecule has 9 nitrogen and oxygen atoms in total. The number of rotatable bonds is 5. The molecule has 2 fully saturated rings. The van der Waals surface area contributed by atoms with E-state index in [-0.39, 0.29) is 23.1 Å². The van der Waals surface area contributed by atoms with Gasteiger partial charge in [-0.2, -0.15) is 5.10 Å². The quantitative estimate of drug-likeness (QED) is 0.351. The van der Waals surface area contributed by atoms with Crippen LogP contribution in [-0.2, 0) is 5.41 Å². The van der Waals surface area contributed by atoms with Crippen molar-refractivity contribution in [1.82, 2.24) is 30.0 Å². The maximum absolute atomic E-state index is 14.8. The van der Waals surface area contributed by atoms with Crippen molar-refractivity contribution in [2.45, 2.75) is 11.8 Å². The molecule has 0 radical (unpaired) electrons. The Morgan fingerprint density at radius 3 is 2.77 bits per heavy atom. The zero-order valence-electron chi connectivity index (χ0n) is 22.3. The number of H-pyrrole nitrogens is 1. The SMILES string of the molecule is CN(C)C(=O)c1ccc(-c2n[nH]c3nc(N4CC[C@@H]5[C@H](C4)[C@@]5(CN)c4ccccc4F)cnc23)c2cccnc12. The maximum atomic E-state index is 14.8. The Bertz CT molecular complexity index is 1780.